The normalized spacial score (nSPS) is 11.6. The van der Waals surface area contributed by atoms with Crippen LogP contribution in [-0.2, 0) is 0 Å². The minimum atomic E-state index is 0.933. The Hall–Kier alpha value is -4.56. The zero-order valence-electron chi connectivity index (χ0n) is 20.3. The summed E-state index contributed by atoms with van der Waals surface area (Å²) < 4.78 is 0. The van der Waals surface area contributed by atoms with Gasteiger partial charge in [-0.3, -0.25) is 9.97 Å². The molecule has 0 aliphatic heterocycles. The molecule has 36 heavy (non-hydrogen) atoms. The Bertz CT molecular complexity index is 1880. The number of hydrogen-bond donors (Lipinski definition) is 0. The molecule has 0 aliphatic carbocycles. The first-order valence-corrected chi connectivity index (χ1v) is 12.3. The smallest absolute Gasteiger partial charge is 0.0717 e. The zero-order chi connectivity index (χ0) is 24.2. The van der Waals surface area contributed by atoms with E-state index in [1.165, 1.54) is 60.1 Å². The van der Waals surface area contributed by atoms with Gasteiger partial charge in [0.05, 0.1) is 5.69 Å². The highest BCUT2D eigenvalue weighted by Crippen LogP contribution is 2.44. The lowest BCUT2D eigenvalue weighted by atomic mass is 9.85. The molecule has 0 saturated carbocycles. The van der Waals surface area contributed by atoms with E-state index in [0.29, 0.717) is 0 Å². The summed E-state index contributed by atoms with van der Waals surface area (Å²) in [5.41, 5.74) is 9.55. The number of benzene rings is 5. The van der Waals surface area contributed by atoms with E-state index in [1.54, 1.807) is 6.20 Å². The highest BCUT2D eigenvalue weighted by molar-refractivity contribution is 6.28. The second-order valence-electron chi connectivity index (χ2n) is 9.59. The lowest BCUT2D eigenvalue weighted by molar-refractivity contribution is 1.28. The van der Waals surface area contributed by atoms with Crippen LogP contribution in [0.4, 0.5) is 0 Å². The van der Waals surface area contributed by atoms with Gasteiger partial charge in [-0.15, -0.1) is 0 Å². The minimum absolute atomic E-state index is 0.933. The van der Waals surface area contributed by atoms with Crippen LogP contribution in [0.5, 0.6) is 0 Å². The average Bonchev–Trinajstić information content (AvgIpc) is 2.92. The van der Waals surface area contributed by atoms with Crippen molar-refractivity contribution in [3.63, 3.8) is 0 Å². The summed E-state index contributed by atoms with van der Waals surface area (Å²) in [7, 11) is 0. The van der Waals surface area contributed by atoms with E-state index in [1.807, 2.05) is 24.5 Å². The van der Waals surface area contributed by atoms with Gasteiger partial charge in [0.15, 0.2) is 0 Å². The molecule has 170 valence electrons. The maximum absolute atomic E-state index is 4.77. The van der Waals surface area contributed by atoms with E-state index in [4.69, 9.17) is 4.98 Å². The molecule has 0 bridgehead atoms. The van der Waals surface area contributed by atoms with Crippen LogP contribution in [0, 0.1) is 13.8 Å². The van der Waals surface area contributed by atoms with Crippen molar-refractivity contribution in [2.45, 2.75) is 13.8 Å². The van der Waals surface area contributed by atoms with E-state index in [2.05, 4.69) is 97.7 Å². The van der Waals surface area contributed by atoms with Crippen LogP contribution in [-0.4, -0.2) is 9.97 Å². The van der Waals surface area contributed by atoms with Gasteiger partial charge < -0.3 is 0 Å². The van der Waals surface area contributed by atoms with Crippen molar-refractivity contribution in [3.05, 3.63) is 121 Å². The third kappa shape index (κ3) is 3.11. The predicted molar refractivity (Wildman–Crippen MR) is 152 cm³/mol. The number of rotatable bonds is 3. The van der Waals surface area contributed by atoms with Crippen LogP contribution in [0.25, 0.3) is 65.8 Å². The van der Waals surface area contributed by atoms with E-state index in [9.17, 15) is 0 Å². The first kappa shape index (κ1) is 20.8. The number of nitrogens with zero attached hydrogens (tertiary/aromatic N) is 2. The Labute approximate surface area is 210 Å². The van der Waals surface area contributed by atoms with Crippen LogP contribution in [0.2, 0.25) is 0 Å². The number of aryl methyl sites for hydroxylation is 2. The average molecular weight is 461 g/mol. The van der Waals surface area contributed by atoms with Gasteiger partial charge in [0, 0.05) is 29.7 Å². The highest BCUT2D eigenvalue weighted by atomic mass is 14.7. The SMILES string of the molecule is Cc1ccccc1-c1c(C)cc2ccc3c(-c4ccc(-c5cccnc5)nc4)ccc4ccc1c2c43. The van der Waals surface area contributed by atoms with Crippen molar-refractivity contribution in [2.24, 2.45) is 0 Å². The summed E-state index contributed by atoms with van der Waals surface area (Å²) in [4.78, 5) is 9.00. The maximum Gasteiger partial charge on any atom is 0.0717 e. The molecule has 0 aliphatic rings. The fourth-order valence-electron chi connectivity index (χ4n) is 5.72. The van der Waals surface area contributed by atoms with Crippen LogP contribution >= 0.6 is 0 Å². The molecule has 0 unspecified atom stereocenters. The van der Waals surface area contributed by atoms with Crippen molar-refractivity contribution in [3.8, 4) is 33.5 Å². The molecule has 0 spiro atoms. The Morgan fingerprint density at radius 3 is 2.17 bits per heavy atom. The van der Waals surface area contributed by atoms with Crippen molar-refractivity contribution in [1.29, 1.82) is 0 Å². The van der Waals surface area contributed by atoms with E-state index in [-0.39, 0.29) is 0 Å². The van der Waals surface area contributed by atoms with Gasteiger partial charge in [-0.25, -0.2) is 0 Å². The second-order valence-corrected chi connectivity index (χ2v) is 9.59. The molecular weight excluding hydrogens is 436 g/mol. The van der Waals surface area contributed by atoms with E-state index >= 15 is 0 Å². The Kier molecular flexibility index (Phi) is 4.62. The lowest BCUT2D eigenvalue weighted by Gasteiger charge is -2.19. The van der Waals surface area contributed by atoms with Gasteiger partial charge in [-0.2, -0.15) is 0 Å². The second kappa shape index (κ2) is 8.00. The van der Waals surface area contributed by atoms with Crippen molar-refractivity contribution >= 4 is 32.3 Å². The standard InChI is InChI=1S/C34H24N2/c1-21-6-3-4-8-27(21)32-22(2)18-24-11-14-29-28(13-9-23-10-15-30(32)34(24)33(23)29)25-12-16-31(36-20-25)26-7-5-17-35-19-26/h3-20H,1-2H3. The Morgan fingerprint density at radius 1 is 0.556 bits per heavy atom. The molecule has 0 N–H and O–H groups in total. The van der Waals surface area contributed by atoms with Crippen LogP contribution in [0.15, 0.2) is 110 Å². The molecule has 7 rings (SSSR count). The molecule has 2 aromatic heterocycles. The maximum atomic E-state index is 4.77. The summed E-state index contributed by atoms with van der Waals surface area (Å²) >= 11 is 0. The molecule has 0 radical (unpaired) electrons. The molecule has 0 amide bonds. The molecule has 2 heteroatoms. The van der Waals surface area contributed by atoms with Crippen LogP contribution in [0.1, 0.15) is 11.1 Å². The number of hydrogen-bond acceptors (Lipinski definition) is 2. The number of aromatic nitrogens is 2. The molecule has 0 fully saturated rings. The van der Waals surface area contributed by atoms with Gasteiger partial charge in [-0.1, -0.05) is 72.8 Å². The van der Waals surface area contributed by atoms with Gasteiger partial charge >= 0.3 is 0 Å². The van der Waals surface area contributed by atoms with Crippen LogP contribution in [0.3, 0.4) is 0 Å². The summed E-state index contributed by atoms with van der Waals surface area (Å²) in [5, 5.41) is 7.82. The first-order valence-electron chi connectivity index (χ1n) is 12.3. The molecule has 5 aromatic carbocycles. The van der Waals surface area contributed by atoms with E-state index in [0.717, 1.165) is 16.8 Å². The Morgan fingerprint density at radius 2 is 1.36 bits per heavy atom. The van der Waals surface area contributed by atoms with Gasteiger partial charge in [0.1, 0.15) is 0 Å². The summed E-state index contributed by atoms with van der Waals surface area (Å²) in [6.45, 7) is 4.43. The Balaban J connectivity index is 1.48. The monoisotopic (exact) mass is 460 g/mol. The summed E-state index contributed by atoms with van der Waals surface area (Å²) in [6, 6.07) is 32.9. The third-order valence-electron chi connectivity index (χ3n) is 7.43. The topological polar surface area (TPSA) is 25.8 Å². The van der Waals surface area contributed by atoms with Gasteiger partial charge in [-0.05, 0) is 92.2 Å². The fourth-order valence-corrected chi connectivity index (χ4v) is 5.72. The predicted octanol–water partition coefficient (Wildman–Crippen LogP) is 8.99. The molecule has 2 nitrogen and oxygen atoms in total. The fraction of sp³-hybridized carbons (Fsp3) is 0.0588. The molecule has 2 heterocycles. The largest absolute Gasteiger partial charge is 0.264 e. The van der Waals surface area contributed by atoms with Crippen molar-refractivity contribution in [2.75, 3.05) is 0 Å². The quantitative estimate of drug-likeness (QED) is 0.246. The van der Waals surface area contributed by atoms with Gasteiger partial charge in [0.2, 0.25) is 0 Å². The summed E-state index contributed by atoms with van der Waals surface area (Å²) in [6.07, 6.45) is 5.62. The minimum Gasteiger partial charge on any atom is -0.264 e. The molecular formula is C34H24N2. The molecule has 0 saturated heterocycles. The molecule has 7 aromatic rings. The van der Waals surface area contributed by atoms with Gasteiger partial charge in [0.25, 0.3) is 0 Å². The van der Waals surface area contributed by atoms with E-state index < -0.39 is 0 Å². The van der Waals surface area contributed by atoms with Crippen molar-refractivity contribution < 1.29 is 0 Å². The first-order chi connectivity index (χ1) is 17.7. The zero-order valence-corrected chi connectivity index (χ0v) is 20.3. The number of pyridine rings is 2. The van der Waals surface area contributed by atoms with Crippen molar-refractivity contribution in [1.82, 2.24) is 9.97 Å². The van der Waals surface area contributed by atoms with Crippen LogP contribution < -0.4 is 0 Å². The third-order valence-corrected chi connectivity index (χ3v) is 7.43. The lowest BCUT2D eigenvalue weighted by Crippen LogP contribution is -1.93. The molecule has 0 atom stereocenters. The summed E-state index contributed by atoms with van der Waals surface area (Å²) in [5.74, 6) is 0. The highest BCUT2D eigenvalue weighted by Gasteiger charge is 2.17.